The number of aromatic nitrogens is 3. The Bertz CT molecular complexity index is 1370. The Morgan fingerprint density at radius 1 is 1.25 bits per heavy atom. The number of halogens is 1. The molecule has 144 valence electrons. The lowest BCUT2D eigenvalue weighted by Crippen LogP contribution is -2.22. The van der Waals surface area contributed by atoms with Crippen molar-refractivity contribution in [1.82, 2.24) is 13.4 Å². The second kappa shape index (κ2) is 6.62. The molecule has 0 bridgehead atoms. The Morgan fingerprint density at radius 3 is 2.75 bits per heavy atom. The number of fused-ring (bicyclic) bond motifs is 2. The SMILES string of the molecule is CC(=NN=C(N)N)c1cn(S(=O)(=O)c2c(Cl)nc3sccn23)c2ccccc12. The van der Waals surface area contributed by atoms with Crippen molar-refractivity contribution in [2.75, 3.05) is 0 Å². The first-order valence-corrected chi connectivity index (χ1v) is 10.6. The van der Waals surface area contributed by atoms with E-state index in [1.165, 1.54) is 25.9 Å². The second-order valence-electron chi connectivity index (χ2n) is 5.83. The number of nitrogens with two attached hydrogens (primary N) is 2. The van der Waals surface area contributed by atoms with Gasteiger partial charge in [0.15, 0.2) is 10.1 Å². The van der Waals surface area contributed by atoms with E-state index >= 15 is 0 Å². The minimum Gasteiger partial charge on any atom is -0.369 e. The van der Waals surface area contributed by atoms with Gasteiger partial charge in [-0.2, -0.15) is 13.5 Å². The molecule has 0 spiro atoms. The summed E-state index contributed by atoms with van der Waals surface area (Å²) >= 11 is 7.45. The summed E-state index contributed by atoms with van der Waals surface area (Å²) in [6.45, 7) is 1.69. The summed E-state index contributed by atoms with van der Waals surface area (Å²) in [7, 11) is -4.04. The Hall–Kier alpha value is -2.89. The first kappa shape index (κ1) is 18.5. The summed E-state index contributed by atoms with van der Waals surface area (Å²) in [4.78, 5) is 4.61. The number of rotatable bonds is 4. The summed E-state index contributed by atoms with van der Waals surface area (Å²) < 4.78 is 29.5. The summed E-state index contributed by atoms with van der Waals surface area (Å²) in [6, 6.07) is 7.05. The molecule has 28 heavy (non-hydrogen) atoms. The number of guanidine groups is 1. The van der Waals surface area contributed by atoms with Crippen LogP contribution in [-0.4, -0.2) is 33.4 Å². The standard InChI is InChI=1S/C16H14ClN7O2S2/c1-9(21-22-15(18)19)11-8-24(12-5-3-2-4-10(11)12)28(25,26)14-13(17)20-16-23(14)6-7-27-16/h2-8H,1H3,(H4,18,19,22). The quantitative estimate of drug-likeness (QED) is 0.288. The second-order valence-corrected chi connectivity index (χ2v) is 8.80. The summed E-state index contributed by atoms with van der Waals surface area (Å²) in [5.74, 6) is -0.193. The molecule has 3 aromatic heterocycles. The first-order valence-electron chi connectivity index (χ1n) is 7.91. The third-order valence-corrected chi connectivity index (χ3v) is 6.90. The van der Waals surface area contributed by atoms with E-state index in [0.717, 1.165) is 0 Å². The molecule has 0 aliphatic carbocycles. The van der Waals surface area contributed by atoms with Crippen molar-refractivity contribution in [2.24, 2.45) is 21.7 Å². The summed E-state index contributed by atoms with van der Waals surface area (Å²) in [6.07, 6.45) is 3.09. The van der Waals surface area contributed by atoms with Crippen LogP contribution < -0.4 is 11.5 Å². The fourth-order valence-electron chi connectivity index (χ4n) is 2.89. The molecule has 0 amide bonds. The average Bonchev–Trinajstić information content (AvgIpc) is 3.31. The number of benzene rings is 1. The number of hydrogen-bond acceptors (Lipinski definition) is 6. The van der Waals surface area contributed by atoms with E-state index in [-0.39, 0.29) is 16.1 Å². The molecule has 0 unspecified atom stereocenters. The molecule has 9 nitrogen and oxygen atoms in total. The number of imidazole rings is 1. The van der Waals surface area contributed by atoms with Gasteiger partial charge >= 0.3 is 0 Å². The van der Waals surface area contributed by atoms with Gasteiger partial charge in [0, 0.05) is 28.7 Å². The number of hydrogen-bond donors (Lipinski definition) is 2. The zero-order chi connectivity index (χ0) is 20.1. The van der Waals surface area contributed by atoms with E-state index in [0.29, 0.717) is 27.1 Å². The monoisotopic (exact) mass is 435 g/mol. The largest absolute Gasteiger partial charge is 0.369 e. The van der Waals surface area contributed by atoms with Crippen LogP contribution in [0.3, 0.4) is 0 Å². The lowest BCUT2D eigenvalue weighted by molar-refractivity contribution is 0.584. The number of thiazole rings is 1. The van der Waals surface area contributed by atoms with Gasteiger partial charge in [-0.25, -0.2) is 8.96 Å². The van der Waals surface area contributed by atoms with Gasteiger partial charge in [-0.1, -0.05) is 29.8 Å². The smallest absolute Gasteiger partial charge is 0.287 e. The lowest BCUT2D eigenvalue weighted by Gasteiger charge is -2.06. The molecule has 0 aliphatic rings. The van der Waals surface area contributed by atoms with Gasteiger partial charge in [-0.05, 0) is 13.0 Å². The van der Waals surface area contributed by atoms with Crippen LogP contribution in [0.15, 0.2) is 57.3 Å². The molecular weight excluding hydrogens is 422 g/mol. The Balaban J connectivity index is 2.00. The summed E-state index contributed by atoms with van der Waals surface area (Å²) in [5, 5.41) is 9.84. The van der Waals surface area contributed by atoms with Crippen molar-refractivity contribution < 1.29 is 8.42 Å². The fourth-order valence-corrected chi connectivity index (χ4v) is 5.67. The Labute approximate surface area is 168 Å². The van der Waals surface area contributed by atoms with Crippen LogP contribution in [0, 0.1) is 0 Å². The molecule has 4 aromatic rings. The number of para-hydroxylation sites is 1. The normalized spacial score (nSPS) is 12.7. The molecule has 0 radical (unpaired) electrons. The van der Waals surface area contributed by atoms with Crippen LogP contribution in [0.1, 0.15) is 12.5 Å². The molecule has 4 N–H and O–H groups in total. The maximum Gasteiger partial charge on any atom is 0.287 e. The molecule has 0 fully saturated rings. The molecule has 0 saturated carbocycles. The maximum absolute atomic E-state index is 13.5. The highest BCUT2D eigenvalue weighted by atomic mass is 35.5. The molecule has 0 atom stereocenters. The first-order chi connectivity index (χ1) is 13.3. The molecule has 3 heterocycles. The van der Waals surface area contributed by atoms with E-state index in [1.807, 2.05) is 0 Å². The van der Waals surface area contributed by atoms with Crippen molar-refractivity contribution in [1.29, 1.82) is 0 Å². The fraction of sp³-hybridized carbons (Fsp3) is 0.0625. The van der Waals surface area contributed by atoms with Crippen molar-refractivity contribution in [2.45, 2.75) is 11.9 Å². The highest BCUT2D eigenvalue weighted by molar-refractivity contribution is 7.90. The highest BCUT2D eigenvalue weighted by Crippen LogP contribution is 2.31. The third-order valence-electron chi connectivity index (χ3n) is 4.07. The summed E-state index contributed by atoms with van der Waals surface area (Å²) in [5.41, 5.74) is 12.2. The third kappa shape index (κ3) is 2.84. The molecule has 0 saturated heterocycles. The minimum absolute atomic E-state index is 0.0860. The van der Waals surface area contributed by atoms with E-state index in [2.05, 4.69) is 15.2 Å². The van der Waals surface area contributed by atoms with Crippen LogP contribution in [-0.2, 0) is 10.0 Å². The zero-order valence-electron chi connectivity index (χ0n) is 14.4. The van der Waals surface area contributed by atoms with Gasteiger partial charge in [-0.3, -0.25) is 4.40 Å². The molecule has 0 aliphatic heterocycles. The van der Waals surface area contributed by atoms with Crippen LogP contribution >= 0.6 is 22.9 Å². The molecule has 4 rings (SSSR count). The van der Waals surface area contributed by atoms with Crippen LogP contribution in [0.4, 0.5) is 0 Å². The van der Waals surface area contributed by atoms with Gasteiger partial charge in [0.25, 0.3) is 10.0 Å². The van der Waals surface area contributed by atoms with Crippen molar-refractivity contribution in [3.05, 3.63) is 52.8 Å². The van der Waals surface area contributed by atoms with Crippen molar-refractivity contribution in [3.63, 3.8) is 0 Å². The Morgan fingerprint density at radius 2 is 2.00 bits per heavy atom. The average molecular weight is 436 g/mol. The van der Waals surface area contributed by atoms with Gasteiger partial charge in [-0.15, -0.1) is 16.4 Å². The van der Waals surface area contributed by atoms with Gasteiger partial charge in [0.1, 0.15) is 0 Å². The van der Waals surface area contributed by atoms with Gasteiger partial charge in [0.2, 0.25) is 11.0 Å². The zero-order valence-corrected chi connectivity index (χ0v) is 16.8. The van der Waals surface area contributed by atoms with E-state index < -0.39 is 10.0 Å². The van der Waals surface area contributed by atoms with E-state index in [9.17, 15) is 8.42 Å². The maximum atomic E-state index is 13.5. The Kier molecular flexibility index (Phi) is 4.37. The molecular formula is C16H14ClN7O2S2. The van der Waals surface area contributed by atoms with E-state index in [1.54, 1.807) is 42.8 Å². The van der Waals surface area contributed by atoms with Crippen molar-refractivity contribution >= 4 is 60.5 Å². The van der Waals surface area contributed by atoms with Crippen LogP contribution in [0.25, 0.3) is 15.9 Å². The van der Waals surface area contributed by atoms with Crippen molar-refractivity contribution in [3.8, 4) is 0 Å². The predicted octanol–water partition coefficient (Wildman–Crippen LogP) is 2.24. The molecule has 1 aromatic carbocycles. The lowest BCUT2D eigenvalue weighted by atomic mass is 10.1. The van der Waals surface area contributed by atoms with Crippen LogP contribution in [0.5, 0.6) is 0 Å². The minimum atomic E-state index is -4.04. The van der Waals surface area contributed by atoms with Gasteiger partial charge in [0.05, 0.1) is 11.2 Å². The van der Waals surface area contributed by atoms with Crippen LogP contribution in [0.2, 0.25) is 5.15 Å². The van der Waals surface area contributed by atoms with E-state index in [4.69, 9.17) is 23.1 Å². The van der Waals surface area contributed by atoms with Gasteiger partial charge < -0.3 is 11.5 Å². The number of nitrogens with zero attached hydrogens (tertiary/aromatic N) is 5. The molecule has 12 heteroatoms. The topological polar surface area (TPSA) is 133 Å². The predicted molar refractivity (Wildman–Crippen MR) is 111 cm³/mol. The highest BCUT2D eigenvalue weighted by Gasteiger charge is 2.29.